The second-order valence-electron chi connectivity index (χ2n) is 6.49. The molecule has 134 valence electrons. The van der Waals surface area contributed by atoms with E-state index in [-0.39, 0.29) is 5.97 Å². The van der Waals surface area contributed by atoms with Gasteiger partial charge in [0.15, 0.2) is 5.16 Å². The molecule has 2 aromatic rings. The van der Waals surface area contributed by atoms with Gasteiger partial charge < -0.3 is 9.47 Å². The number of benzene rings is 1. The van der Waals surface area contributed by atoms with Gasteiger partial charge in [0.05, 0.1) is 17.9 Å². The molecule has 0 aliphatic carbocycles. The molecule has 2 rings (SSSR count). The van der Waals surface area contributed by atoms with Crippen LogP contribution in [0.2, 0.25) is 0 Å². The number of esters is 1. The maximum atomic E-state index is 12.1. The molecule has 6 heteroatoms. The first-order valence-corrected chi connectivity index (χ1v) is 9.40. The molecule has 0 unspecified atom stereocenters. The Hall–Kier alpha value is -2.08. The molecule has 0 spiro atoms. The number of nitrogens with zero attached hydrogens (tertiary/aromatic N) is 2. The Bertz CT molecular complexity index is 724. The Balaban J connectivity index is 2.13. The lowest BCUT2D eigenvalue weighted by molar-refractivity contribution is 0.00695. The van der Waals surface area contributed by atoms with Crippen LogP contribution in [0.1, 0.15) is 49.3 Å². The molecule has 25 heavy (non-hydrogen) atoms. The van der Waals surface area contributed by atoms with Crippen LogP contribution in [0.25, 0.3) is 0 Å². The van der Waals surface area contributed by atoms with Gasteiger partial charge in [0.25, 0.3) is 0 Å². The summed E-state index contributed by atoms with van der Waals surface area (Å²) >= 11 is 1.48. The molecule has 1 aromatic carbocycles. The van der Waals surface area contributed by atoms with E-state index in [1.54, 1.807) is 12.1 Å². The summed E-state index contributed by atoms with van der Waals surface area (Å²) in [5.41, 5.74) is 1.98. The number of carbonyl (C=O) groups is 1. The number of rotatable bonds is 6. The average molecular weight is 360 g/mol. The summed E-state index contributed by atoms with van der Waals surface area (Å²) in [6.07, 6.45) is 2.58. The van der Waals surface area contributed by atoms with Gasteiger partial charge in [-0.3, -0.25) is 0 Å². The van der Waals surface area contributed by atoms with E-state index in [2.05, 4.69) is 9.97 Å². The molecule has 0 N–H and O–H groups in total. The van der Waals surface area contributed by atoms with Crippen molar-refractivity contribution < 1.29 is 14.3 Å². The highest BCUT2D eigenvalue weighted by Gasteiger charge is 2.17. The summed E-state index contributed by atoms with van der Waals surface area (Å²) in [7, 11) is 0. The minimum atomic E-state index is -0.499. The molecule has 1 heterocycles. The van der Waals surface area contributed by atoms with Gasteiger partial charge in [-0.25, -0.2) is 9.78 Å². The van der Waals surface area contributed by atoms with Gasteiger partial charge in [-0.2, -0.15) is 4.98 Å². The van der Waals surface area contributed by atoms with E-state index in [0.29, 0.717) is 29.6 Å². The van der Waals surface area contributed by atoms with Crippen molar-refractivity contribution in [2.75, 3.05) is 12.9 Å². The molecule has 0 amide bonds. The Labute approximate surface area is 153 Å². The fourth-order valence-electron chi connectivity index (χ4n) is 2.16. The standard InChI is InChI=1S/C19H24N2O3S/c1-6-23-16-12-15(20-18(21-16)25-5)11-13-7-9-14(10-8-13)17(22)24-19(2,3)4/h7-10,12H,6,11H2,1-5H3. The van der Waals surface area contributed by atoms with Gasteiger partial charge in [-0.05, 0) is 51.6 Å². The largest absolute Gasteiger partial charge is 0.478 e. The van der Waals surface area contributed by atoms with Crippen LogP contribution in [0.3, 0.4) is 0 Å². The van der Waals surface area contributed by atoms with E-state index in [1.165, 1.54) is 11.8 Å². The first-order valence-electron chi connectivity index (χ1n) is 8.17. The lowest BCUT2D eigenvalue weighted by Gasteiger charge is -2.19. The van der Waals surface area contributed by atoms with Crippen molar-refractivity contribution in [3.63, 3.8) is 0 Å². The maximum Gasteiger partial charge on any atom is 0.338 e. The highest BCUT2D eigenvalue weighted by molar-refractivity contribution is 7.98. The summed E-state index contributed by atoms with van der Waals surface area (Å²) in [5, 5.41) is 0.686. The lowest BCUT2D eigenvalue weighted by atomic mass is 10.1. The molecule has 0 bridgehead atoms. The van der Waals surface area contributed by atoms with Gasteiger partial charge >= 0.3 is 5.97 Å². The topological polar surface area (TPSA) is 61.3 Å². The fourth-order valence-corrected chi connectivity index (χ4v) is 2.55. The zero-order chi connectivity index (χ0) is 18.4. The zero-order valence-corrected chi connectivity index (χ0v) is 16.1. The zero-order valence-electron chi connectivity index (χ0n) is 15.3. The van der Waals surface area contributed by atoms with Crippen LogP contribution in [0, 0.1) is 0 Å². The second-order valence-corrected chi connectivity index (χ2v) is 7.27. The molecule has 0 aliphatic rings. The van der Waals surface area contributed by atoms with Crippen LogP contribution >= 0.6 is 11.8 Å². The third-order valence-electron chi connectivity index (χ3n) is 3.18. The van der Waals surface area contributed by atoms with E-state index in [9.17, 15) is 4.79 Å². The normalized spacial score (nSPS) is 11.2. The maximum absolute atomic E-state index is 12.1. The smallest absolute Gasteiger partial charge is 0.338 e. The molecule has 1 aromatic heterocycles. The van der Waals surface area contributed by atoms with Crippen molar-refractivity contribution in [2.24, 2.45) is 0 Å². The third-order valence-corrected chi connectivity index (χ3v) is 3.73. The number of carbonyl (C=O) groups excluding carboxylic acids is 1. The molecule has 0 saturated heterocycles. The van der Waals surface area contributed by atoms with Gasteiger partial charge in [0.1, 0.15) is 5.60 Å². The quantitative estimate of drug-likeness (QED) is 0.438. The number of thioether (sulfide) groups is 1. The minimum absolute atomic E-state index is 0.315. The van der Waals surface area contributed by atoms with E-state index in [0.717, 1.165) is 11.3 Å². The molecule has 0 saturated carbocycles. The molecular formula is C19H24N2O3S. The Kier molecular flexibility index (Phi) is 6.42. The van der Waals surface area contributed by atoms with E-state index < -0.39 is 5.60 Å². The summed E-state index contributed by atoms with van der Waals surface area (Å²) in [6, 6.07) is 9.25. The van der Waals surface area contributed by atoms with Crippen LogP contribution in [-0.2, 0) is 11.2 Å². The van der Waals surface area contributed by atoms with Crippen molar-refractivity contribution in [3.8, 4) is 5.88 Å². The van der Waals surface area contributed by atoms with Crippen LogP contribution in [0.5, 0.6) is 5.88 Å². The minimum Gasteiger partial charge on any atom is -0.478 e. The van der Waals surface area contributed by atoms with Crippen LogP contribution < -0.4 is 4.74 Å². The highest BCUT2D eigenvalue weighted by Crippen LogP contribution is 2.19. The SMILES string of the molecule is CCOc1cc(Cc2ccc(C(=O)OC(C)(C)C)cc2)nc(SC)n1. The summed E-state index contributed by atoms with van der Waals surface area (Å²) < 4.78 is 10.9. The molecule has 0 fully saturated rings. The molecule has 0 atom stereocenters. The van der Waals surface area contributed by atoms with E-state index in [4.69, 9.17) is 9.47 Å². The van der Waals surface area contributed by atoms with Gasteiger partial charge in [0, 0.05) is 12.5 Å². The van der Waals surface area contributed by atoms with Gasteiger partial charge in [-0.1, -0.05) is 23.9 Å². The summed E-state index contributed by atoms with van der Waals surface area (Å²) in [5.74, 6) is 0.270. The van der Waals surface area contributed by atoms with Crippen molar-refractivity contribution in [3.05, 3.63) is 47.2 Å². The van der Waals surface area contributed by atoms with Crippen molar-refractivity contribution in [2.45, 2.75) is 44.9 Å². The van der Waals surface area contributed by atoms with Crippen LogP contribution in [0.4, 0.5) is 0 Å². The van der Waals surface area contributed by atoms with Crippen molar-refractivity contribution >= 4 is 17.7 Å². The highest BCUT2D eigenvalue weighted by atomic mass is 32.2. The van der Waals surface area contributed by atoms with Crippen LogP contribution in [0.15, 0.2) is 35.5 Å². The summed E-state index contributed by atoms with van der Waals surface area (Å²) in [4.78, 5) is 20.9. The van der Waals surface area contributed by atoms with E-state index >= 15 is 0 Å². The Morgan fingerprint density at radius 2 is 1.84 bits per heavy atom. The monoisotopic (exact) mass is 360 g/mol. The number of ether oxygens (including phenoxy) is 2. The van der Waals surface area contributed by atoms with Crippen molar-refractivity contribution in [1.29, 1.82) is 0 Å². The van der Waals surface area contributed by atoms with Crippen molar-refractivity contribution in [1.82, 2.24) is 9.97 Å². The van der Waals surface area contributed by atoms with Gasteiger partial charge in [-0.15, -0.1) is 0 Å². The summed E-state index contributed by atoms with van der Waals surface area (Å²) in [6.45, 7) is 8.06. The molecule has 0 aliphatic heterocycles. The number of hydrogen-bond acceptors (Lipinski definition) is 6. The van der Waals surface area contributed by atoms with Gasteiger partial charge in [0.2, 0.25) is 5.88 Å². The molecular weight excluding hydrogens is 336 g/mol. The van der Waals surface area contributed by atoms with Crippen LogP contribution in [-0.4, -0.2) is 34.4 Å². The second kappa shape index (κ2) is 8.34. The lowest BCUT2D eigenvalue weighted by Crippen LogP contribution is -2.23. The first kappa shape index (κ1) is 19.2. The molecule has 0 radical (unpaired) electrons. The number of hydrogen-bond donors (Lipinski definition) is 0. The predicted octanol–water partition coefficient (Wildman–Crippen LogP) is 4.14. The Morgan fingerprint density at radius 3 is 2.40 bits per heavy atom. The average Bonchev–Trinajstić information content (AvgIpc) is 2.54. The number of aromatic nitrogens is 2. The van der Waals surface area contributed by atoms with E-state index in [1.807, 2.05) is 52.1 Å². The fraction of sp³-hybridized carbons (Fsp3) is 0.421. The molecule has 5 nitrogen and oxygen atoms in total. The first-order chi connectivity index (χ1) is 11.8. The Morgan fingerprint density at radius 1 is 1.16 bits per heavy atom. The predicted molar refractivity (Wildman–Crippen MR) is 99.4 cm³/mol. The third kappa shape index (κ3) is 6.05.